The lowest BCUT2D eigenvalue weighted by atomic mass is 10.3. The Hall–Kier alpha value is -3.42. The second-order valence-electron chi connectivity index (χ2n) is 9.33. The molecule has 0 aliphatic rings. The van der Waals surface area contributed by atoms with Crippen molar-refractivity contribution in [2.75, 3.05) is 65.7 Å². The zero-order valence-corrected chi connectivity index (χ0v) is 25.6. The summed E-state index contributed by atoms with van der Waals surface area (Å²) in [5.41, 5.74) is 0. The first-order valence-electron chi connectivity index (χ1n) is 14.0. The first-order chi connectivity index (χ1) is 19.8. The van der Waals surface area contributed by atoms with Crippen molar-refractivity contribution in [3.05, 3.63) is 121 Å². The molecule has 42 heavy (non-hydrogen) atoms. The second-order valence-corrected chi connectivity index (χ2v) is 9.33. The molecule has 226 valence electrons. The van der Waals surface area contributed by atoms with Crippen LogP contribution in [0.1, 0.15) is 0 Å². The summed E-state index contributed by atoms with van der Waals surface area (Å²) in [5, 5.41) is 0. The molecular weight excluding hydrogens is 571 g/mol. The Balaban J connectivity index is 0.00000308. The minimum Gasteiger partial charge on any atom is -0.492 e. The van der Waals surface area contributed by atoms with Gasteiger partial charge in [0.25, 0.3) is 0 Å². The molecule has 0 bridgehead atoms. The molecule has 0 saturated carbocycles. The maximum Gasteiger partial charge on any atom is 0.119 e. The predicted octanol–water partition coefficient (Wildman–Crippen LogP) is 6.75. The lowest BCUT2D eigenvalue weighted by molar-refractivity contribution is 0.134. The number of ether oxygens (including phenoxy) is 4. The molecule has 0 fully saturated rings. The van der Waals surface area contributed by atoms with Crippen molar-refractivity contribution >= 4 is 24.8 Å². The Morgan fingerprint density at radius 1 is 0.310 bits per heavy atom. The van der Waals surface area contributed by atoms with E-state index in [1.807, 2.05) is 121 Å². The van der Waals surface area contributed by atoms with Crippen LogP contribution in [0.5, 0.6) is 23.0 Å². The van der Waals surface area contributed by atoms with E-state index < -0.39 is 0 Å². The molecule has 8 heteroatoms. The highest BCUT2D eigenvalue weighted by Gasteiger charge is 2.12. The molecule has 0 aliphatic heterocycles. The third-order valence-electron chi connectivity index (χ3n) is 6.41. The number of hydrogen-bond acceptors (Lipinski definition) is 6. The molecular formula is C34H42Cl2N2O4. The Bertz CT molecular complexity index is 989. The van der Waals surface area contributed by atoms with Gasteiger partial charge in [-0.05, 0) is 48.5 Å². The fourth-order valence-electron chi connectivity index (χ4n) is 4.19. The van der Waals surface area contributed by atoms with E-state index >= 15 is 0 Å². The maximum absolute atomic E-state index is 6.00. The van der Waals surface area contributed by atoms with Crippen LogP contribution in [0.4, 0.5) is 0 Å². The van der Waals surface area contributed by atoms with E-state index in [9.17, 15) is 0 Å². The Kier molecular flexibility index (Phi) is 17.6. The molecule has 4 rings (SSSR count). The van der Waals surface area contributed by atoms with E-state index in [4.69, 9.17) is 18.9 Å². The van der Waals surface area contributed by atoms with Gasteiger partial charge in [-0.2, -0.15) is 0 Å². The summed E-state index contributed by atoms with van der Waals surface area (Å²) < 4.78 is 24.0. The third kappa shape index (κ3) is 14.0. The smallest absolute Gasteiger partial charge is 0.119 e. The van der Waals surface area contributed by atoms with Crippen LogP contribution < -0.4 is 18.9 Å². The molecule has 0 aliphatic carbocycles. The quantitative estimate of drug-likeness (QED) is 0.117. The van der Waals surface area contributed by atoms with E-state index in [0.717, 1.165) is 62.3 Å². The number of benzene rings is 4. The SMILES string of the molecule is Cl.Cl.c1ccc(OCCN(CCOc2ccccc2)CCN(CCOc2ccccc2)CCOc2ccccc2)cc1. The van der Waals surface area contributed by atoms with Gasteiger partial charge in [0.05, 0.1) is 0 Å². The van der Waals surface area contributed by atoms with Crippen molar-refractivity contribution in [2.24, 2.45) is 0 Å². The lowest BCUT2D eigenvalue weighted by Gasteiger charge is -2.28. The topological polar surface area (TPSA) is 43.4 Å². The highest BCUT2D eigenvalue weighted by molar-refractivity contribution is 5.85. The zero-order chi connectivity index (χ0) is 27.5. The van der Waals surface area contributed by atoms with Crippen molar-refractivity contribution < 1.29 is 18.9 Å². The van der Waals surface area contributed by atoms with Gasteiger partial charge in [0.1, 0.15) is 49.4 Å². The number of halogens is 2. The van der Waals surface area contributed by atoms with Crippen LogP contribution in [0.2, 0.25) is 0 Å². The zero-order valence-electron chi connectivity index (χ0n) is 24.0. The van der Waals surface area contributed by atoms with Gasteiger partial charge in [-0.15, -0.1) is 24.8 Å². The minimum atomic E-state index is 0. The van der Waals surface area contributed by atoms with Gasteiger partial charge in [-0.25, -0.2) is 0 Å². The van der Waals surface area contributed by atoms with Gasteiger partial charge >= 0.3 is 0 Å². The molecule has 0 radical (unpaired) electrons. The van der Waals surface area contributed by atoms with Gasteiger partial charge in [0.15, 0.2) is 0 Å². The fraction of sp³-hybridized carbons (Fsp3) is 0.294. The summed E-state index contributed by atoms with van der Waals surface area (Å²) in [6.07, 6.45) is 0. The molecule has 0 saturated heterocycles. The predicted molar refractivity (Wildman–Crippen MR) is 175 cm³/mol. The molecule has 0 amide bonds. The average molecular weight is 614 g/mol. The largest absolute Gasteiger partial charge is 0.492 e. The lowest BCUT2D eigenvalue weighted by Crippen LogP contribution is -2.41. The Morgan fingerprint density at radius 3 is 0.738 bits per heavy atom. The summed E-state index contributed by atoms with van der Waals surface area (Å²) >= 11 is 0. The number of para-hydroxylation sites is 4. The first kappa shape index (κ1) is 34.8. The van der Waals surface area contributed by atoms with Crippen LogP contribution in [0, 0.1) is 0 Å². The molecule has 0 atom stereocenters. The molecule has 4 aromatic carbocycles. The van der Waals surface area contributed by atoms with Crippen molar-refractivity contribution in [2.45, 2.75) is 0 Å². The normalized spacial score (nSPS) is 10.4. The molecule has 6 nitrogen and oxygen atoms in total. The molecule has 0 unspecified atom stereocenters. The van der Waals surface area contributed by atoms with Crippen molar-refractivity contribution in [1.82, 2.24) is 9.80 Å². The standard InChI is InChI=1S/C34H40N2O4.2ClH/c1-5-13-31(14-6-1)37-27-23-35(24-28-38-32-15-7-2-8-16-32)21-22-36(25-29-39-33-17-9-3-10-18-33)26-30-40-34-19-11-4-12-20-34;;/h1-20H,21-30H2;2*1H. The number of hydrogen-bond donors (Lipinski definition) is 0. The van der Waals surface area contributed by atoms with Gasteiger partial charge < -0.3 is 18.9 Å². The summed E-state index contributed by atoms with van der Waals surface area (Å²) in [7, 11) is 0. The second kappa shape index (κ2) is 21.3. The third-order valence-corrected chi connectivity index (χ3v) is 6.41. The van der Waals surface area contributed by atoms with E-state index in [1.54, 1.807) is 0 Å². The van der Waals surface area contributed by atoms with E-state index in [-0.39, 0.29) is 24.8 Å². The first-order valence-corrected chi connectivity index (χ1v) is 14.0. The van der Waals surface area contributed by atoms with Crippen LogP contribution in [0.3, 0.4) is 0 Å². The number of rotatable bonds is 19. The fourth-order valence-corrected chi connectivity index (χ4v) is 4.19. The Labute approximate surface area is 263 Å². The molecule has 0 aromatic heterocycles. The van der Waals surface area contributed by atoms with Crippen molar-refractivity contribution in [3.8, 4) is 23.0 Å². The molecule has 4 aromatic rings. The molecule has 0 N–H and O–H groups in total. The summed E-state index contributed by atoms with van der Waals surface area (Å²) in [4.78, 5) is 4.80. The monoisotopic (exact) mass is 612 g/mol. The minimum absolute atomic E-state index is 0. The van der Waals surface area contributed by atoms with Gasteiger partial charge in [0.2, 0.25) is 0 Å². The summed E-state index contributed by atoms with van der Waals surface area (Å²) in [6.45, 7) is 7.45. The molecule has 0 spiro atoms. The summed E-state index contributed by atoms with van der Waals surface area (Å²) in [6, 6.07) is 39.9. The Morgan fingerprint density at radius 2 is 0.524 bits per heavy atom. The van der Waals surface area contributed by atoms with Crippen LogP contribution in [-0.2, 0) is 0 Å². The highest BCUT2D eigenvalue weighted by Crippen LogP contribution is 2.11. The van der Waals surface area contributed by atoms with E-state index in [1.165, 1.54) is 0 Å². The van der Waals surface area contributed by atoms with Crippen LogP contribution in [0.25, 0.3) is 0 Å². The van der Waals surface area contributed by atoms with Gasteiger partial charge in [-0.3, -0.25) is 9.80 Å². The van der Waals surface area contributed by atoms with E-state index in [0.29, 0.717) is 26.4 Å². The maximum atomic E-state index is 6.00. The highest BCUT2D eigenvalue weighted by atomic mass is 35.5. The van der Waals surface area contributed by atoms with Gasteiger partial charge in [-0.1, -0.05) is 72.8 Å². The van der Waals surface area contributed by atoms with E-state index in [2.05, 4.69) is 9.80 Å². The van der Waals surface area contributed by atoms with Crippen molar-refractivity contribution in [1.29, 1.82) is 0 Å². The summed E-state index contributed by atoms with van der Waals surface area (Å²) in [5.74, 6) is 3.56. The van der Waals surface area contributed by atoms with Crippen LogP contribution >= 0.6 is 24.8 Å². The van der Waals surface area contributed by atoms with Gasteiger partial charge in [0, 0.05) is 39.3 Å². The number of nitrogens with zero attached hydrogens (tertiary/aromatic N) is 2. The molecule has 0 heterocycles. The van der Waals surface area contributed by atoms with Crippen molar-refractivity contribution in [3.63, 3.8) is 0 Å². The van der Waals surface area contributed by atoms with Crippen LogP contribution in [0.15, 0.2) is 121 Å². The average Bonchev–Trinajstić information content (AvgIpc) is 3.01. The van der Waals surface area contributed by atoms with Crippen LogP contribution in [-0.4, -0.2) is 75.5 Å².